The van der Waals surface area contributed by atoms with Gasteiger partial charge in [0.2, 0.25) is 0 Å². The van der Waals surface area contributed by atoms with E-state index in [0.717, 1.165) is 113 Å². The Kier molecular flexibility index (Phi) is 18.0. The highest BCUT2D eigenvalue weighted by molar-refractivity contribution is 5.91. The zero-order valence-electron chi connectivity index (χ0n) is 57.7. The first kappa shape index (κ1) is 64.0. The van der Waals surface area contributed by atoms with E-state index in [1.54, 1.807) is 0 Å². The Labute approximate surface area is 557 Å². The van der Waals surface area contributed by atoms with Crippen molar-refractivity contribution in [1.29, 1.82) is 0 Å². The Morgan fingerprint density at radius 3 is 1.30 bits per heavy atom. The number of rotatable bonds is 20. The second kappa shape index (κ2) is 26.1. The molecule has 0 atom stereocenters. The van der Waals surface area contributed by atoms with Gasteiger partial charge in [-0.1, -0.05) is 176 Å². The molecule has 0 bridgehead atoms. The van der Waals surface area contributed by atoms with Gasteiger partial charge in [0, 0.05) is 33.9 Å². The number of ether oxygens (including phenoxy) is 1. The van der Waals surface area contributed by atoms with E-state index in [1.807, 2.05) is 0 Å². The summed E-state index contributed by atoms with van der Waals surface area (Å²) in [5.41, 5.74) is 31.7. The fourth-order valence-electron chi connectivity index (χ4n) is 14.8. The zero-order chi connectivity index (χ0) is 65.5. The monoisotopic (exact) mass is 1220 g/mol. The molecule has 0 fully saturated rings. The molecule has 1 heterocycles. The molecule has 4 heteroatoms. The molecule has 1 aliphatic carbocycles. The fraction of sp³-hybridized carbons (Fsp3) is 0.281. The molecule has 0 radical (unpaired) electrons. The summed E-state index contributed by atoms with van der Waals surface area (Å²) in [7, 11) is 0. The maximum Gasteiger partial charge on any atom is 0.152 e. The van der Waals surface area contributed by atoms with Crippen LogP contribution in [0.25, 0.3) is 33.4 Å². The largest absolute Gasteiger partial charge is 0.453 e. The lowest BCUT2D eigenvalue weighted by Crippen LogP contribution is -2.25. The van der Waals surface area contributed by atoms with Gasteiger partial charge in [-0.2, -0.15) is 0 Å². The second-order valence-electron chi connectivity index (χ2n) is 28.8. The topological polar surface area (TPSA) is 19.0 Å². The Balaban J connectivity index is 0.920. The predicted molar refractivity (Wildman–Crippen MR) is 400 cm³/mol. The minimum absolute atomic E-state index is 0.000270. The number of anilines is 9. The van der Waals surface area contributed by atoms with Crippen molar-refractivity contribution in [3.8, 4) is 44.9 Å². The molecule has 0 aromatic heterocycles. The maximum atomic E-state index is 6.82. The van der Waals surface area contributed by atoms with Crippen molar-refractivity contribution in [2.75, 3.05) is 14.7 Å². The van der Waals surface area contributed by atoms with Crippen LogP contribution in [0.1, 0.15) is 161 Å². The van der Waals surface area contributed by atoms with Gasteiger partial charge in [-0.3, -0.25) is 0 Å². The third kappa shape index (κ3) is 12.7. The summed E-state index contributed by atoms with van der Waals surface area (Å²) >= 11 is 0. The van der Waals surface area contributed by atoms with Crippen LogP contribution in [0, 0.1) is 41.5 Å². The van der Waals surface area contributed by atoms with Gasteiger partial charge in [0.05, 0.1) is 22.7 Å². The van der Waals surface area contributed by atoms with Crippen molar-refractivity contribution < 1.29 is 4.74 Å². The highest BCUT2D eigenvalue weighted by Gasteiger charge is 2.42. The van der Waals surface area contributed by atoms with Gasteiger partial charge < -0.3 is 19.4 Å². The summed E-state index contributed by atoms with van der Waals surface area (Å²) in [6.45, 7) is 37.8. The number of hydrogen-bond acceptors (Lipinski definition) is 4. The molecular formula is C89H95N3O. The van der Waals surface area contributed by atoms with E-state index in [2.05, 4.69) is 324 Å². The maximum absolute atomic E-state index is 6.82. The Hall–Kier alpha value is -9.12. The average molecular weight is 1220 g/mol. The number of benzene rings is 10. The van der Waals surface area contributed by atoms with Crippen LogP contribution in [0.4, 0.5) is 51.2 Å². The minimum atomic E-state index is -0.0703. The van der Waals surface area contributed by atoms with Crippen LogP contribution in [-0.4, -0.2) is 0 Å². The van der Waals surface area contributed by atoms with Crippen molar-refractivity contribution >= 4 is 51.2 Å². The SMILES string of the molecule is C=CCCCC1(CCCC=C)c2cc(C)ccc2-c2ccc(-c3ccc(N(c4ccc(N(c5ccc(-c6ccc7c(c6)Oc6cc(C)ccc6N7c6ccc(CCCC)cc6)cc5)c5c(C)cc(C(C)(C)C)cc5C)cc4)c4c(C)cc(C(C)(C)C)cc4C)cc3)cc21. The van der Waals surface area contributed by atoms with E-state index in [-0.39, 0.29) is 16.2 Å². The minimum Gasteiger partial charge on any atom is -0.453 e. The molecule has 93 heavy (non-hydrogen) atoms. The standard InChI is InChI=1S/C89H95N3O/c1-16-19-22-49-89(50-23-20-17-2)79-51-59(4)25-45-77(79)78-46-33-68(57-80(78)89)66-29-37-72(38-30-66)90(85-61(6)53-70(54-62(85)7)87(10,11)12)74-41-43-75(44-42-74)91(86-63(8)55-71(56-64(86)9)88(13,14)15)73-39-31-67(32-40-73)69-34-48-82-84(58-69)93-83-52-60(5)26-47-81(83)92(82)76-35-27-65(28-36-76)24-21-18-3/h16-17,25-48,51-58H,1-2,18-24,49-50H2,3-15H3. The molecule has 472 valence electrons. The van der Waals surface area contributed by atoms with Crippen LogP contribution in [0.2, 0.25) is 0 Å². The molecule has 1 aliphatic heterocycles. The Morgan fingerprint density at radius 1 is 0.430 bits per heavy atom. The first-order valence-electron chi connectivity index (χ1n) is 34.1. The van der Waals surface area contributed by atoms with Crippen molar-refractivity contribution in [2.45, 2.75) is 164 Å². The van der Waals surface area contributed by atoms with Crippen LogP contribution in [0.5, 0.6) is 11.5 Å². The van der Waals surface area contributed by atoms with Crippen LogP contribution in [0.3, 0.4) is 0 Å². The fourth-order valence-corrected chi connectivity index (χ4v) is 14.8. The van der Waals surface area contributed by atoms with Gasteiger partial charge >= 0.3 is 0 Å². The smallest absolute Gasteiger partial charge is 0.152 e. The van der Waals surface area contributed by atoms with E-state index >= 15 is 0 Å². The van der Waals surface area contributed by atoms with Crippen molar-refractivity contribution in [3.63, 3.8) is 0 Å². The first-order chi connectivity index (χ1) is 44.7. The van der Waals surface area contributed by atoms with Crippen LogP contribution >= 0.6 is 0 Å². The average Bonchev–Trinajstić information content (AvgIpc) is 1.62. The molecule has 2 aliphatic rings. The number of allylic oxidation sites excluding steroid dienone is 2. The van der Waals surface area contributed by atoms with E-state index in [1.165, 1.54) is 102 Å². The molecule has 0 unspecified atom stereocenters. The number of fused-ring (bicyclic) bond motifs is 5. The lowest BCUT2D eigenvalue weighted by atomic mass is 9.70. The van der Waals surface area contributed by atoms with E-state index in [9.17, 15) is 0 Å². The van der Waals surface area contributed by atoms with Gasteiger partial charge in [0.1, 0.15) is 0 Å². The van der Waals surface area contributed by atoms with E-state index in [0.29, 0.717) is 0 Å². The van der Waals surface area contributed by atoms with Crippen LogP contribution in [-0.2, 0) is 22.7 Å². The zero-order valence-corrected chi connectivity index (χ0v) is 57.7. The Bertz CT molecular complexity index is 4340. The normalized spacial score (nSPS) is 13.0. The van der Waals surface area contributed by atoms with Gasteiger partial charge in [-0.15, -0.1) is 13.2 Å². The molecule has 0 N–H and O–H groups in total. The lowest BCUT2D eigenvalue weighted by Gasteiger charge is -2.33. The summed E-state index contributed by atoms with van der Waals surface area (Å²) in [6, 6.07) is 74.0. The number of unbranched alkanes of at least 4 members (excludes halogenated alkanes) is 3. The van der Waals surface area contributed by atoms with Gasteiger partial charge in [-0.25, -0.2) is 0 Å². The van der Waals surface area contributed by atoms with Crippen LogP contribution in [0.15, 0.2) is 219 Å². The molecule has 0 saturated carbocycles. The Morgan fingerprint density at radius 2 is 0.828 bits per heavy atom. The highest BCUT2D eigenvalue weighted by Crippen LogP contribution is 2.56. The first-order valence-corrected chi connectivity index (χ1v) is 34.1. The molecule has 0 spiro atoms. The third-order valence-electron chi connectivity index (χ3n) is 19.8. The molecule has 10 aromatic rings. The molecule has 0 saturated heterocycles. The van der Waals surface area contributed by atoms with E-state index < -0.39 is 0 Å². The predicted octanol–water partition coefficient (Wildman–Crippen LogP) is 26.3. The number of hydrogen-bond donors (Lipinski definition) is 0. The van der Waals surface area contributed by atoms with Crippen molar-refractivity contribution in [2.24, 2.45) is 0 Å². The summed E-state index contributed by atoms with van der Waals surface area (Å²) in [4.78, 5) is 7.29. The summed E-state index contributed by atoms with van der Waals surface area (Å²) in [6.07, 6.45) is 14.0. The quantitative estimate of drug-likeness (QED) is 0.0559. The number of nitrogens with zero attached hydrogens (tertiary/aromatic N) is 3. The summed E-state index contributed by atoms with van der Waals surface area (Å²) < 4.78 is 6.82. The third-order valence-corrected chi connectivity index (χ3v) is 19.8. The van der Waals surface area contributed by atoms with Crippen molar-refractivity contribution in [3.05, 3.63) is 281 Å². The molecule has 4 nitrogen and oxygen atoms in total. The van der Waals surface area contributed by atoms with Crippen molar-refractivity contribution in [1.82, 2.24) is 0 Å². The van der Waals surface area contributed by atoms with Gasteiger partial charge in [0.25, 0.3) is 0 Å². The number of aryl methyl sites for hydroxylation is 7. The molecule has 10 aromatic carbocycles. The molecule has 12 rings (SSSR count). The van der Waals surface area contributed by atoms with Crippen LogP contribution < -0.4 is 19.4 Å². The van der Waals surface area contributed by atoms with E-state index in [4.69, 9.17) is 4.74 Å². The highest BCUT2D eigenvalue weighted by atomic mass is 16.5. The molecular weight excluding hydrogens is 1130 g/mol. The molecule has 0 amide bonds. The van der Waals surface area contributed by atoms with Gasteiger partial charge in [-0.05, 0) is 284 Å². The summed E-state index contributed by atoms with van der Waals surface area (Å²) in [5, 5.41) is 0. The second-order valence-corrected chi connectivity index (χ2v) is 28.8. The van der Waals surface area contributed by atoms with Gasteiger partial charge in [0.15, 0.2) is 11.5 Å². The summed E-state index contributed by atoms with van der Waals surface area (Å²) in [5.74, 6) is 1.70. The lowest BCUT2D eigenvalue weighted by molar-refractivity contribution is 0.422.